The SMILES string of the molecule is Cc1ccc(N2C(=O)c3ccccc3N(Cc3ccccc3)C2/C=C/c2c[nH]c(=O)[nH]c2=O)cc1. The van der Waals surface area contributed by atoms with E-state index in [0.717, 1.165) is 22.5 Å². The van der Waals surface area contributed by atoms with Crippen LogP contribution in [-0.2, 0) is 6.54 Å². The Morgan fingerprint density at radius 1 is 0.886 bits per heavy atom. The number of para-hydroxylation sites is 1. The molecule has 1 aromatic heterocycles. The van der Waals surface area contributed by atoms with E-state index in [-0.39, 0.29) is 5.91 Å². The molecule has 5 rings (SSSR count). The Labute approximate surface area is 202 Å². The van der Waals surface area contributed by atoms with Gasteiger partial charge in [0.05, 0.1) is 16.8 Å². The molecular weight excluding hydrogens is 440 g/mol. The third-order valence-electron chi connectivity index (χ3n) is 6.05. The van der Waals surface area contributed by atoms with Crippen LogP contribution >= 0.6 is 0 Å². The molecule has 7 nitrogen and oxygen atoms in total. The highest BCUT2D eigenvalue weighted by Crippen LogP contribution is 2.36. The molecule has 0 bridgehead atoms. The van der Waals surface area contributed by atoms with Gasteiger partial charge in [0, 0.05) is 18.4 Å². The molecule has 1 aliphatic heterocycles. The molecule has 1 aliphatic rings. The molecule has 1 atom stereocenters. The average molecular weight is 465 g/mol. The molecule has 0 saturated carbocycles. The number of H-pyrrole nitrogens is 2. The molecule has 2 N–H and O–H groups in total. The maximum Gasteiger partial charge on any atom is 0.325 e. The molecule has 0 spiro atoms. The summed E-state index contributed by atoms with van der Waals surface area (Å²) in [5, 5.41) is 0. The summed E-state index contributed by atoms with van der Waals surface area (Å²) >= 11 is 0. The number of hydrogen-bond donors (Lipinski definition) is 2. The Hall–Kier alpha value is -4.65. The van der Waals surface area contributed by atoms with Gasteiger partial charge in [-0.05, 0) is 48.9 Å². The van der Waals surface area contributed by atoms with Crippen LogP contribution < -0.4 is 21.0 Å². The number of nitrogens with one attached hydrogen (secondary N) is 2. The smallest absolute Gasteiger partial charge is 0.325 e. The number of fused-ring (bicyclic) bond motifs is 1. The number of aromatic amines is 2. The number of nitrogens with zero attached hydrogens (tertiary/aromatic N) is 2. The van der Waals surface area contributed by atoms with Crippen molar-refractivity contribution in [3.05, 3.63) is 134 Å². The lowest BCUT2D eigenvalue weighted by atomic mass is 10.0. The zero-order chi connectivity index (χ0) is 24.4. The number of carbonyl (C=O) groups is 1. The number of rotatable bonds is 5. The first kappa shape index (κ1) is 22.2. The highest BCUT2D eigenvalue weighted by molar-refractivity contribution is 6.12. The minimum Gasteiger partial charge on any atom is -0.342 e. The number of carbonyl (C=O) groups excluding carboxylic acids is 1. The van der Waals surface area contributed by atoms with Crippen molar-refractivity contribution in [2.75, 3.05) is 9.80 Å². The number of benzene rings is 3. The molecule has 0 fully saturated rings. The quantitative estimate of drug-likeness (QED) is 0.466. The van der Waals surface area contributed by atoms with Crippen LogP contribution in [0.25, 0.3) is 6.08 Å². The van der Waals surface area contributed by atoms with Crippen LogP contribution in [0, 0.1) is 6.92 Å². The van der Waals surface area contributed by atoms with Crippen molar-refractivity contribution in [3.63, 3.8) is 0 Å². The third-order valence-corrected chi connectivity index (χ3v) is 6.05. The second-order valence-electron chi connectivity index (χ2n) is 8.44. The zero-order valence-corrected chi connectivity index (χ0v) is 19.1. The van der Waals surface area contributed by atoms with E-state index in [4.69, 9.17) is 0 Å². The highest BCUT2D eigenvalue weighted by Gasteiger charge is 2.37. The first-order valence-electron chi connectivity index (χ1n) is 11.3. The summed E-state index contributed by atoms with van der Waals surface area (Å²) < 4.78 is 0. The van der Waals surface area contributed by atoms with E-state index in [9.17, 15) is 14.4 Å². The van der Waals surface area contributed by atoms with Gasteiger partial charge < -0.3 is 9.88 Å². The van der Waals surface area contributed by atoms with Crippen LogP contribution in [0.3, 0.4) is 0 Å². The molecule has 0 radical (unpaired) electrons. The van der Waals surface area contributed by atoms with Crippen molar-refractivity contribution in [2.24, 2.45) is 0 Å². The van der Waals surface area contributed by atoms with E-state index in [0.29, 0.717) is 17.7 Å². The largest absolute Gasteiger partial charge is 0.342 e. The number of amides is 1. The molecular formula is C28H24N4O3. The topological polar surface area (TPSA) is 89.3 Å². The second-order valence-corrected chi connectivity index (χ2v) is 8.44. The minimum atomic E-state index is -0.569. The van der Waals surface area contributed by atoms with Crippen molar-refractivity contribution in [3.8, 4) is 0 Å². The van der Waals surface area contributed by atoms with Gasteiger partial charge in [0.25, 0.3) is 11.5 Å². The van der Waals surface area contributed by atoms with Crippen LogP contribution in [0.4, 0.5) is 11.4 Å². The van der Waals surface area contributed by atoms with E-state index in [1.54, 1.807) is 11.0 Å². The first-order valence-corrected chi connectivity index (χ1v) is 11.3. The zero-order valence-electron chi connectivity index (χ0n) is 19.1. The van der Waals surface area contributed by atoms with Gasteiger partial charge in [-0.1, -0.05) is 60.2 Å². The first-order chi connectivity index (χ1) is 17.0. The summed E-state index contributed by atoms with van der Waals surface area (Å²) in [4.78, 5) is 46.2. The standard InChI is InChI=1S/C28H24N4O3/c1-19-11-14-22(15-12-19)32-25(16-13-21-17-29-28(35)30-26(21)33)31(18-20-7-3-2-4-8-20)24-10-6-5-9-23(24)27(32)34/h2-17,25H,18H2,1H3,(H2,29,30,33,35)/b16-13+. The van der Waals surface area contributed by atoms with Gasteiger partial charge in [-0.3, -0.25) is 19.5 Å². The molecule has 0 aliphatic carbocycles. The summed E-state index contributed by atoms with van der Waals surface area (Å²) in [7, 11) is 0. The molecule has 1 amide bonds. The number of anilines is 2. The van der Waals surface area contributed by atoms with Gasteiger partial charge in [0.1, 0.15) is 6.17 Å². The van der Waals surface area contributed by atoms with Crippen molar-refractivity contribution >= 4 is 23.4 Å². The van der Waals surface area contributed by atoms with Gasteiger partial charge >= 0.3 is 5.69 Å². The maximum atomic E-state index is 13.8. The number of aryl methyl sites for hydroxylation is 1. The van der Waals surface area contributed by atoms with E-state index < -0.39 is 17.4 Å². The van der Waals surface area contributed by atoms with Gasteiger partial charge in [0.2, 0.25) is 0 Å². The molecule has 35 heavy (non-hydrogen) atoms. The van der Waals surface area contributed by atoms with Crippen LogP contribution in [-0.4, -0.2) is 22.0 Å². The number of hydrogen-bond acceptors (Lipinski definition) is 4. The molecule has 4 aromatic rings. The van der Waals surface area contributed by atoms with Crippen LogP contribution in [0.5, 0.6) is 0 Å². The normalized spacial score (nSPS) is 15.5. The monoisotopic (exact) mass is 464 g/mol. The fraction of sp³-hybridized carbons (Fsp3) is 0.107. The fourth-order valence-electron chi connectivity index (χ4n) is 4.29. The molecule has 7 heteroatoms. The van der Waals surface area contributed by atoms with Crippen LogP contribution in [0.2, 0.25) is 0 Å². The highest BCUT2D eigenvalue weighted by atomic mass is 16.2. The van der Waals surface area contributed by atoms with Gasteiger partial charge in [-0.15, -0.1) is 0 Å². The summed E-state index contributed by atoms with van der Waals surface area (Å²) in [6.45, 7) is 2.54. The van der Waals surface area contributed by atoms with Crippen molar-refractivity contribution < 1.29 is 4.79 Å². The maximum absolute atomic E-state index is 13.8. The summed E-state index contributed by atoms with van der Waals surface area (Å²) in [5.74, 6) is -0.126. The Balaban J connectivity index is 1.67. The third kappa shape index (κ3) is 4.44. The Morgan fingerprint density at radius 3 is 2.34 bits per heavy atom. The Kier molecular flexibility index (Phi) is 5.89. The summed E-state index contributed by atoms with van der Waals surface area (Å²) in [6, 6.07) is 25.4. The van der Waals surface area contributed by atoms with E-state index in [1.807, 2.05) is 91.9 Å². The van der Waals surface area contributed by atoms with Gasteiger partial charge in [-0.25, -0.2) is 4.79 Å². The van der Waals surface area contributed by atoms with Gasteiger partial charge in [0.15, 0.2) is 0 Å². The lowest BCUT2D eigenvalue weighted by molar-refractivity contribution is 0.0974. The molecule has 174 valence electrons. The molecule has 0 saturated heterocycles. The van der Waals surface area contributed by atoms with Crippen molar-refractivity contribution in [1.29, 1.82) is 0 Å². The Bertz CT molecular complexity index is 1500. The molecule has 3 aromatic carbocycles. The minimum absolute atomic E-state index is 0.126. The van der Waals surface area contributed by atoms with Crippen molar-refractivity contribution in [1.82, 2.24) is 9.97 Å². The van der Waals surface area contributed by atoms with Crippen LogP contribution in [0.1, 0.15) is 27.0 Å². The van der Waals surface area contributed by atoms with Crippen LogP contribution in [0.15, 0.2) is 101 Å². The predicted octanol–water partition coefficient (Wildman–Crippen LogP) is 4.08. The average Bonchev–Trinajstić information content (AvgIpc) is 2.87. The fourth-order valence-corrected chi connectivity index (χ4v) is 4.29. The number of aromatic nitrogens is 2. The van der Waals surface area contributed by atoms with E-state index in [1.165, 1.54) is 6.20 Å². The Morgan fingerprint density at radius 2 is 1.60 bits per heavy atom. The molecule has 1 unspecified atom stereocenters. The lowest BCUT2D eigenvalue weighted by Crippen LogP contribution is -2.54. The molecule has 2 heterocycles. The van der Waals surface area contributed by atoms with Crippen molar-refractivity contribution in [2.45, 2.75) is 19.6 Å². The van der Waals surface area contributed by atoms with E-state index >= 15 is 0 Å². The predicted molar refractivity (Wildman–Crippen MR) is 138 cm³/mol. The lowest BCUT2D eigenvalue weighted by Gasteiger charge is -2.44. The second kappa shape index (κ2) is 9.30. The van der Waals surface area contributed by atoms with Gasteiger partial charge in [-0.2, -0.15) is 0 Å². The summed E-state index contributed by atoms with van der Waals surface area (Å²) in [5.41, 5.74) is 3.57. The van der Waals surface area contributed by atoms with E-state index in [2.05, 4.69) is 14.9 Å². The summed E-state index contributed by atoms with van der Waals surface area (Å²) in [6.07, 6.45) is 4.31.